The number of phenolic OH excluding ortho intramolecular Hbond substituents is 1. The molecule has 0 saturated carbocycles. The molecule has 0 saturated heterocycles. The Hall–Kier alpha value is -2.38. The Kier molecular flexibility index (Phi) is 3.59. The van der Waals surface area contributed by atoms with Crippen LogP contribution in [0, 0.1) is 0 Å². The topological polar surface area (TPSA) is 103 Å². The lowest BCUT2D eigenvalue weighted by molar-refractivity contribution is 0.109. The first-order valence-corrected chi connectivity index (χ1v) is 6.54. The van der Waals surface area contributed by atoms with Crippen molar-refractivity contribution in [2.75, 3.05) is 19.1 Å². The molecule has 1 aliphatic heterocycles. The van der Waals surface area contributed by atoms with E-state index in [0.717, 1.165) is 11.3 Å². The third kappa shape index (κ3) is 2.48. The number of nitrogen functional groups attached to an aromatic ring is 1. The van der Waals surface area contributed by atoms with E-state index in [1.807, 2.05) is 0 Å². The maximum absolute atomic E-state index is 9.88. The van der Waals surface area contributed by atoms with Crippen LogP contribution in [0.1, 0.15) is 11.3 Å². The van der Waals surface area contributed by atoms with Crippen molar-refractivity contribution in [1.29, 1.82) is 0 Å². The Bertz CT molecular complexity index is 658. The summed E-state index contributed by atoms with van der Waals surface area (Å²) < 4.78 is 10.4. The first-order valence-electron chi connectivity index (χ1n) is 6.54. The van der Waals surface area contributed by atoms with E-state index < -0.39 is 0 Å². The normalized spacial score (nSPS) is 13.6. The van der Waals surface area contributed by atoms with Gasteiger partial charge >= 0.3 is 0 Å². The van der Waals surface area contributed by atoms with E-state index in [1.54, 1.807) is 18.2 Å². The summed E-state index contributed by atoms with van der Waals surface area (Å²) in [5, 5.41) is 9.88. The highest BCUT2D eigenvalue weighted by molar-refractivity contribution is 5.63. The molecule has 0 atom stereocenters. The largest absolute Gasteiger partial charge is 0.504 e. The number of aromatic hydroxyl groups is 1. The van der Waals surface area contributed by atoms with Crippen LogP contribution in [0.3, 0.4) is 0 Å². The van der Waals surface area contributed by atoms with Gasteiger partial charge in [0.1, 0.15) is 5.82 Å². The van der Waals surface area contributed by atoms with E-state index in [2.05, 4.69) is 15.4 Å². The van der Waals surface area contributed by atoms with Crippen molar-refractivity contribution in [3.05, 3.63) is 29.5 Å². The average molecular weight is 288 g/mol. The van der Waals surface area contributed by atoms with Crippen molar-refractivity contribution >= 4 is 5.82 Å². The molecule has 1 aliphatic rings. The maximum atomic E-state index is 9.88. The zero-order valence-electron chi connectivity index (χ0n) is 11.6. The van der Waals surface area contributed by atoms with Crippen molar-refractivity contribution in [3.63, 3.8) is 0 Å². The molecule has 0 radical (unpaired) electrons. The molecule has 4 N–H and O–H groups in total. The lowest BCUT2D eigenvalue weighted by atomic mass is 10.1. The smallest absolute Gasteiger partial charge is 0.161 e. The summed E-state index contributed by atoms with van der Waals surface area (Å²) in [7, 11) is 1.50. The van der Waals surface area contributed by atoms with Crippen molar-refractivity contribution < 1.29 is 14.6 Å². The fourth-order valence-corrected chi connectivity index (χ4v) is 2.31. The van der Waals surface area contributed by atoms with Crippen LogP contribution >= 0.6 is 0 Å². The molecule has 0 fully saturated rings. The van der Waals surface area contributed by atoms with E-state index in [9.17, 15) is 5.11 Å². The Morgan fingerprint density at radius 3 is 2.95 bits per heavy atom. The number of fused-ring (bicyclic) bond motifs is 1. The first kappa shape index (κ1) is 13.6. The van der Waals surface area contributed by atoms with Gasteiger partial charge < -0.3 is 20.0 Å². The first-order chi connectivity index (χ1) is 10.2. The number of ether oxygens (including phenoxy) is 2. The fourth-order valence-electron chi connectivity index (χ4n) is 2.31. The summed E-state index contributed by atoms with van der Waals surface area (Å²) in [5.74, 6) is 7.03. The van der Waals surface area contributed by atoms with Crippen molar-refractivity contribution in [2.45, 2.75) is 13.0 Å². The van der Waals surface area contributed by atoms with Crippen LogP contribution in [0.25, 0.3) is 11.4 Å². The summed E-state index contributed by atoms with van der Waals surface area (Å²) in [6.07, 6.45) is 0.710. The van der Waals surface area contributed by atoms with Crippen LogP contribution in [-0.2, 0) is 17.8 Å². The number of nitrogens with one attached hydrogen (secondary N) is 1. The molecule has 2 aromatic rings. The van der Waals surface area contributed by atoms with Gasteiger partial charge in [-0.2, -0.15) is 0 Å². The van der Waals surface area contributed by atoms with Gasteiger partial charge in [0.25, 0.3) is 0 Å². The number of hydrogen-bond acceptors (Lipinski definition) is 7. The molecule has 7 nitrogen and oxygen atoms in total. The number of phenols is 1. The van der Waals surface area contributed by atoms with Gasteiger partial charge in [-0.05, 0) is 18.2 Å². The highest BCUT2D eigenvalue weighted by atomic mass is 16.5. The van der Waals surface area contributed by atoms with Crippen LogP contribution in [-0.4, -0.2) is 28.8 Å². The second kappa shape index (κ2) is 5.55. The van der Waals surface area contributed by atoms with Crippen molar-refractivity contribution in [3.8, 4) is 22.9 Å². The van der Waals surface area contributed by atoms with Crippen molar-refractivity contribution in [2.24, 2.45) is 5.84 Å². The Morgan fingerprint density at radius 1 is 1.38 bits per heavy atom. The van der Waals surface area contributed by atoms with Gasteiger partial charge in [0.2, 0.25) is 0 Å². The molecular weight excluding hydrogens is 272 g/mol. The summed E-state index contributed by atoms with van der Waals surface area (Å²) in [6.45, 7) is 1.07. The molecule has 0 bridgehead atoms. The number of hydrogen-bond donors (Lipinski definition) is 3. The van der Waals surface area contributed by atoms with E-state index in [4.69, 9.17) is 15.3 Å². The average Bonchev–Trinajstić information content (AvgIpc) is 2.53. The Balaban J connectivity index is 2.08. The van der Waals surface area contributed by atoms with Gasteiger partial charge in [0, 0.05) is 17.5 Å². The molecule has 3 rings (SSSR count). The SMILES string of the molecule is COc1ccc(-c2nc3c(c(NN)n2)COCC3)cc1O. The molecule has 1 aromatic carbocycles. The van der Waals surface area contributed by atoms with Crippen molar-refractivity contribution in [1.82, 2.24) is 9.97 Å². The van der Waals surface area contributed by atoms with Crippen LogP contribution in [0.5, 0.6) is 11.5 Å². The minimum Gasteiger partial charge on any atom is -0.504 e. The number of benzene rings is 1. The van der Waals surface area contributed by atoms with Gasteiger partial charge in [-0.15, -0.1) is 0 Å². The number of aromatic nitrogens is 2. The number of nitrogens with two attached hydrogens (primary N) is 1. The van der Waals surface area contributed by atoms with E-state index in [1.165, 1.54) is 7.11 Å². The number of anilines is 1. The highest BCUT2D eigenvalue weighted by Gasteiger charge is 2.19. The third-order valence-electron chi connectivity index (χ3n) is 3.40. The maximum Gasteiger partial charge on any atom is 0.161 e. The predicted octanol–water partition coefficient (Wildman–Crippen LogP) is 1.22. The summed E-state index contributed by atoms with van der Waals surface area (Å²) in [5.41, 5.74) is 5.07. The van der Waals surface area contributed by atoms with E-state index >= 15 is 0 Å². The minimum absolute atomic E-state index is 0.0434. The number of hydrazine groups is 1. The summed E-state index contributed by atoms with van der Waals surface area (Å²) >= 11 is 0. The van der Waals surface area contributed by atoms with Gasteiger partial charge in [0.15, 0.2) is 17.3 Å². The molecule has 1 aromatic heterocycles. The number of methoxy groups -OCH3 is 1. The van der Waals surface area contributed by atoms with Crippen LogP contribution < -0.4 is 16.0 Å². The standard InChI is InChI=1S/C14H16N4O3/c1-20-12-3-2-8(6-11(12)19)13-16-10-4-5-21-7-9(10)14(17-13)18-15/h2-3,6,19H,4-5,7,15H2,1H3,(H,16,17,18). The third-order valence-corrected chi connectivity index (χ3v) is 3.40. The molecule has 0 spiro atoms. The zero-order valence-corrected chi connectivity index (χ0v) is 11.6. The summed E-state index contributed by atoms with van der Waals surface area (Å²) in [6, 6.07) is 5.03. The molecule has 110 valence electrons. The van der Waals surface area contributed by atoms with Gasteiger partial charge in [-0.1, -0.05) is 0 Å². The van der Waals surface area contributed by atoms with E-state index in [0.29, 0.717) is 42.6 Å². The second-order valence-corrected chi connectivity index (χ2v) is 4.65. The molecular formula is C14H16N4O3. The molecule has 7 heteroatoms. The predicted molar refractivity (Wildman–Crippen MR) is 76.9 cm³/mol. The van der Waals surface area contributed by atoms with Gasteiger partial charge in [-0.25, -0.2) is 15.8 Å². The second-order valence-electron chi connectivity index (χ2n) is 4.65. The molecule has 21 heavy (non-hydrogen) atoms. The van der Waals surface area contributed by atoms with Crippen LogP contribution in [0.2, 0.25) is 0 Å². The Morgan fingerprint density at radius 2 is 2.24 bits per heavy atom. The number of nitrogens with zero attached hydrogens (tertiary/aromatic N) is 2. The zero-order chi connectivity index (χ0) is 14.8. The molecule has 0 aliphatic carbocycles. The summed E-state index contributed by atoms with van der Waals surface area (Å²) in [4.78, 5) is 8.94. The van der Waals surface area contributed by atoms with Crippen LogP contribution in [0.15, 0.2) is 18.2 Å². The minimum atomic E-state index is 0.0434. The van der Waals surface area contributed by atoms with Crippen LogP contribution in [0.4, 0.5) is 5.82 Å². The molecule has 0 unspecified atom stereocenters. The highest BCUT2D eigenvalue weighted by Crippen LogP contribution is 2.31. The lowest BCUT2D eigenvalue weighted by Gasteiger charge is -2.19. The molecule has 0 amide bonds. The van der Waals surface area contributed by atoms with Gasteiger partial charge in [0.05, 0.1) is 26.0 Å². The van der Waals surface area contributed by atoms with E-state index in [-0.39, 0.29) is 5.75 Å². The Labute approximate surface area is 121 Å². The number of rotatable bonds is 3. The fraction of sp³-hybridized carbons (Fsp3) is 0.286. The van der Waals surface area contributed by atoms with Gasteiger partial charge in [-0.3, -0.25) is 0 Å². The quantitative estimate of drug-likeness (QED) is 0.576. The monoisotopic (exact) mass is 288 g/mol. The molecule has 2 heterocycles. The lowest BCUT2D eigenvalue weighted by Crippen LogP contribution is -2.19.